The van der Waals surface area contributed by atoms with Crippen molar-refractivity contribution >= 4 is 42.0 Å². The van der Waals surface area contributed by atoms with Gasteiger partial charge in [-0.3, -0.25) is 5.10 Å². The van der Waals surface area contributed by atoms with Crippen molar-refractivity contribution in [3.8, 4) is 0 Å². The van der Waals surface area contributed by atoms with Gasteiger partial charge in [0.15, 0.2) is 19.7 Å². The third kappa shape index (κ3) is 3.26. The second-order valence-electron chi connectivity index (χ2n) is 5.50. The van der Waals surface area contributed by atoms with E-state index in [1.54, 1.807) is 12.3 Å². The molecule has 0 aliphatic heterocycles. The Morgan fingerprint density at radius 2 is 1.71 bits per heavy atom. The Bertz CT molecular complexity index is 1130. The number of hydrogen-bond acceptors (Lipinski definition) is 6. The lowest BCUT2D eigenvalue weighted by molar-refractivity contribution is 0.600. The van der Waals surface area contributed by atoms with Gasteiger partial charge in [0.1, 0.15) is 0 Å². The number of anilines is 2. The van der Waals surface area contributed by atoms with Crippen molar-refractivity contribution in [2.24, 2.45) is 0 Å². The lowest BCUT2D eigenvalue weighted by Crippen LogP contribution is -2.06. The molecule has 24 heavy (non-hydrogen) atoms. The molecular formula is C15H15N3O4S2. The summed E-state index contributed by atoms with van der Waals surface area (Å²) in [6, 6.07) is 9.40. The average Bonchev–Trinajstić information content (AvgIpc) is 2.93. The summed E-state index contributed by atoms with van der Waals surface area (Å²) in [6.45, 7) is 0. The Balaban J connectivity index is 2.09. The molecule has 2 aromatic carbocycles. The molecule has 0 bridgehead atoms. The second-order valence-corrected chi connectivity index (χ2v) is 9.50. The molecule has 7 nitrogen and oxygen atoms in total. The van der Waals surface area contributed by atoms with Crippen molar-refractivity contribution in [2.45, 2.75) is 9.79 Å². The number of aromatic amines is 1. The first-order valence-electron chi connectivity index (χ1n) is 6.89. The van der Waals surface area contributed by atoms with E-state index in [1.807, 2.05) is 12.1 Å². The number of nitrogens with zero attached hydrogens (tertiary/aromatic N) is 1. The number of aromatic nitrogens is 2. The predicted octanol–water partition coefficient (Wildman–Crippen LogP) is 2.11. The monoisotopic (exact) mass is 365 g/mol. The molecule has 0 unspecified atom stereocenters. The molecule has 0 aliphatic rings. The number of fused-ring (bicyclic) bond motifs is 1. The van der Waals surface area contributed by atoms with Gasteiger partial charge >= 0.3 is 0 Å². The number of benzene rings is 2. The fraction of sp³-hybridized carbons (Fsp3) is 0.133. The number of rotatable bonds is 4. The highest BCUT2D eigenvalue weighted by Gasteiger charge is 2.18. The van der Waals surface area contributed by atoms with Crippen molar-refractivity contribution in [1.82, 2.24) is 10.2 Å². The summed E-state index contributed by atoms with van der Waals surface area (Å²) < 4.78 is 47.4. The topological polar surface area (TPSA) is 109 Å². The third-order valence-corrected chi connectivity index (χ3v) is 5.75. The number of sulfone groups is 2. The first-order chi connectivity index (χ1) is 11.1. The summed E-state index contributed by atoms with van der Waals surface area (Å²) in [5, 5.41) is 10.7. The molecule has 0 aliphatic carbocycles. The van der Waals surface area contributed by atoms with Gasteiger partial charge in [-0.1, -0.05) is 0 Å². The second kappa shape index (κ2) is 5.60. The van der Waals surface area contributed by atoms with E-state index in [2.05, 4.69) is 15.5 Å². The first kappa shape index (κ1) is 16.5. The molecule has 3 aromatic rings. The van der Waals surface area contributed by atoms with Crippen LogP contribution in [0.5, 0.6) is 0 Å². The minimum absolute atomic E-state index is 0.0428. The van der Waals surface area contributed by atoms with Crippen LogP contribution in [-0.4, -0.2) is 39.5 Å². The van der Waals surface area contributed by atoms with Gasteiger partial charge in [0.05, 0.1) is 27.2 Å². The highest BCUT2D eigenvalue weighted by Crippen LogP contribution is 2.29. The van der Waals surface area contributed by atoms with E-state index in [9.17, 15) is 16.8 Å². The Morgan fingerprint density at radius 1 is 0.958 bits per heavy atom. The van der Waals surface area contributed by atoms with E-state index < -0.39 is 19.7 Å². The first-order valence-corrected chi connectivity index (χ1v) is 10.7. The van der Waals surface area contributed by atoms with Crippen molar-refractivity contribution in [2.75, 3.05) is 17.8 Å². The van der Waals surface area contributed by atoms with Crippen LogP contribution in [0.3, 0.4) is 0 Å². The van der Waals surface area contributed by atoms with E-state index in [-0.39, 0.29) is 9.79 Å². The Morgan fingerprint density at radius 3 is 2.38 bits per heavy atom. The molecule has 3 rings (SSSR count). The maximum atomic E-state index is 12.0. The largest absolute Gasteiger partial charge is 0.354 e. The fourth-order valence-corrected chi connectivity index (χ4v) is 3.90. The maximum Gasteiger partial charge on any atom is 0.177 e. The predicted molar refractivity (Wildman–Crippen MR) is 92.0 cm³/mol. The van der Waals surface area contributed by atoms with Crippen LogP contribution in [0.4, 0.5) is 11.4 Å². The molecule has 126 valence electrons. The zero-order valence-electron chi connectivity index (χ0n) is 12.9. The minimum atomic E-state index is -3.61. The molecule has 0 saturated heterocycles. The maximum absolute atomic E-state index is 12.0. The summed E-state index contributed by atoms with van der Waals surface area (Å²) in [6.07, 6.45) is 3.73. The fourth-order valence-electron chi connectivity index (χ4n) is 2.32. The van der Waals surface area contributed by atoms with Crippen LogP contribution in [-0.2, 0) is 19.7 Å². The molecule has 1 heterocycles. The van der Waals surface area contributed by atoms with E-state index in [1.165, 1.54) is 18.2 Å². The molecule has 0 fully saturated rings. The quantitative estimate of drug-likeness (QED) is 0.733. The van der Waals surface area contributed by atoms with Crippen molar-refractivity contribution in [3.63, 3.8) is 0 Å². The van der Waals surface area contributed by atoms with Gasteiger partial charge in [-0.05, 0) is 36.4 Å². The number of H-pyrrole nitrogens is 1. The lowest BCUT2D eigenvalue weighted by atomic mass is 10.2. The molecule has 9 heteroatoms. The normalized spacial score (nSPS) is 12.4. The van der Waals surface area contributed by atoms with Gasteiger partial charge in [0, 0.05) is 23.6 Å². The van der Waals surface area contributed by atoms with Crippen molar-refractivity contribution in [3.05, 3.63) is 42.6 Å². The Hall–Kier alpha value is -2.39. The van der Waals surface area contributed by atoms with E-state index in [4.69, 9.17) is 0 Å². The number of nitrogens with one attached hydrogen (secondary N) is 2. The highest BCUT2D eigenvalue weighted by molar-refractivity contribution is 7.91. The van der Waals surface area contributed by atoms with Crippen LogP contribution in [0.1, 0.15) is 0 Å². The summed E-state index contributed by atoms with van der Waals surface area (Å²) in [7, 11) is -7.11. The Kier molecular flexibility index (Phi) is 3.84. The van der Waals surface area contributed by atoms with Crippen LogP contribution >= 0.6 is 0 Å². The molecule has 0 radical (unpaired) electrons. The van der Waals surface area contributed by atoms with Crippen LogP contribution in [0, 0.1) is 0 Å². The van der Waals surface area contributed by atoms with Gasteiger partial charge in [0.2, 0.25) is 0 Å². The van der Waals surface area contributed by atoms with Crippen LogP contribution in [0.15, 0.2) is 52.4 Å². The highest BCUT2D eigenvalue weighted by atomic mass is 32.2. The summed E-state index contributed by atoms with van der Waals surface area (Å²) in [5.41, 5.74) is 1.84. The van der Waals surface area contributed by atoms with Crippen LogP contribution in [0.25, 0.3) is 10.9 Å². The van der Waals surface area contributed by atoms with Gasteiger partial charge in [-0.25, -0.2) is 16.8 Å². The molecule has 0 spiro atoms. The molecule has 2 N–H and O–H groups in total. The third-order valence-electron chi connectivity index (χ3n) is 3.50. The summed E-state index contributed by atoms with van der Waals surface area (Å²) >= 11 is 0. The molecule has 0 atom stereocenters. The van der Waals surface area contributed by atoms with Crippen molar-refractivity contribution in [1.29, 1.82) is 0 Å². The molecular weight excluding hydrogens is 350 g/mol. The van der Waals surface area contributed by atoms with Gasteiger partial charge < -0.3 is 5.32 Å². The van der Waals surface area contributed by atoms with Gasteiger partial charge in [-0.2, -0.15) is 5.10 Å². The lowest BCUT2D eigenvalue weighted by Gasteiger charge is -2.12. The zero-order valence-corrected chi connectivity index (χ0v) is 14.6. The van der Waals surface area contributed by atoms with Crippen molar-refractivity contribution < 1.29 is 16.8 Å². The van der Waals surface area contributed by atoms with E-state index >= 15 is 0 Å². The molecule has 0 amide bonds. The Labute approximate surface area is 139 Å². The smallest absolute Gasteiger partial charge is 0.177 e. The van der Waals surface area contributed by atoms with E-state index in [0.29, 0.717) is 11.4 Å². The number of hydrogen-bond donors (Lipinski definition) is 2. The SMILES string of the molecule is CS(=O)(=O)c1ccc(Nc2ccc3[nH]ncc3c2)c(S(C)(=O)=O)c1. The standard InChI is InChI=1S/C15H15N3O4S2/c1-23(19,20)12-4-6-14(15(8-12)24(2,21)22)17-11-3-5-13-10(7-11)9-16-18-13/h3-9,17H,1-2H3,(H,16,18). The molecule has 1 aromatic heterocycles. The van der Waals surface area contributed by atoms with E-state index in [0.717, 1.165) is 23.4 Å². The summed E-state index contributed by atoms with van der Waals surface area (Å²) in [4.78, 5) is -0.114. The zero-order chi connectivity index (χ0) is 17.5. The average molecular weight is 365 g/mol. The minimum Gasteiger partial charge on any atom is -0.354 e. The molecule has 0 saturated carbocycles. The van der Waals surface area contributed by atoms with Crippen LogP contribution in [0.2, 0.25) is 0 Å². The van der Waals surface area contributed by atoms with Gasteiger partial charge in [-0.15, -0.1) is 0 Å². The van der Waals surface area contributed by atoms with Crippen LogP contribution < -0.4 is 5.32 Å². The summed E-state index contributed by atoms with van der Waals surface area (Å²) in [5.74, 6) is 0. The van der Waals surface area contributed by atoms with Gasteiger partial charge in [0.25, 0.3) is 0 Å².